The Morgan fingerprint density at radius 2 is 1.95 bits per heavy atom. The van der Waals surface area contributed by atoms with E-state index >= 15 is 0 Å². The summed E-state index contributed by atoms with van der Waals surface area (Å²) >= 11 is 1.82. The van der Waals surface area contributed by atoms with Gasteiger partial charge in [-0.05, 0) is 54.8 Å². The molecule has 3 rings (SSSR count). The molecule has 0 spiro atoms. The second kappa shape index (κ2) is 5.98. The molecule has 1 aliphatic carbocycles. The van der Waals surface area contributed by atoms with Crippen molar-refractivity contribution >= 4 is 11.3 Å². The first-order chi connectivity index (χ1) is 9.78. The van der Waals surface area contributed by atoms with E-state index in [0.717, 1.165) is 11.7 Å². The molecule has 2 unspecified atom stereocenters. The predicted molar refractivity (Wildman–Crippen MR) is 84.3 cm³/mol. The molecule has 0 bridgehead atoms. The zero-order chi connectivity index (χ0) is 13.9. The van der Waals surface area contributed by atoms with Crippen LogP contribution < -0.4 is 10.1 Å². The molecule has 2 nitrogen and oxygen atoms in total. The molecule has 0 aliphatic heterocycles. The minimum atomic E-state index is 0.405. The Hall–Kier alpha value is -1.32. The Kier molecular flexibility index (Phi) is 4.08. The number of rotatable bonds is 6. The average molecular weight is 287 g/mol. The summed E-state index contributed by atoms with van der Waals surface area (Å²) in [6.45, 7) is 2.25. The number of hydrogen-bond donors (Lipinski definition) is 1. The van der Waals surface area contributed by atoms with Gasteiger partial charge in [-0.3, -0.25) is 0 Å². The van der Waals surface area contributed by atoms with Crippen LogP contribution in [-0.2, 0) is 0 Å². The maximum atomic E-state index is 5.25. The lowest BCUT2D eigenvalue weighted by Crippen LogP contribution is -2.25. The summed E-state index contributed by atoms with van der Waals surface area (Å²) in [6.07, 6.45) is 2.67. The highest BCUT2D eigenvalue weighted by molar-refractivity contribution is 7.10. The molecule has 106 valence electrons. The lowest BCUT2D eigenvalue weighted by Gasteiger charge is -2.23. The smallest absolute Gasteiger partial charge is 0.118 e. The number of thiophene rings is 1. The maximum absolute atomic E-state index is 5.25. The molecule has 1 aliphatic rings. The molecule has 0 amide bonds. The third-order valence-corrected chi connectivity index (χ3v) is 5.02. The van der Waals surface area contributed by atoms with Crippen LogP contribution >= 0.6 is 11.3 Å². The van der Waals surface area contributed by atoms with Crippen molar-refractivity contribution in [1.29, 1.82) is 0 Å². The van der Waals surface area contributed by atoms with E-state index in [1.165, 1.54) is 23.3 Å². The standard InChI is InChI=1S/C17H21NOS/c1-12(16-4-3-11-20-16)18-17(13-5-6-13)14-7-9-15(19-2)10-8-14/h3-4,7-13,17-18H,5-6H2,1-2H3. The van der Waals surface area contributed by atoms with E-state index in [9.17, 15) is 0 Å². The summed E-state index contributed by atoms with van der Waals surface area (Å²) in [7, 11) is 1.71. The van der Waals surface area contributed by atoms with E-state index in [0.29, 0.717) is 12.1 Å². The van der Waals surface area contributed by atoms with Gasteiger partial charge in [0, 0.05) is 17.0 Å². The molecule has 1 heterocycles. The molecular formula is C17H21NOS. The molecule has 0 saturated heterocycles. The van der Waals surface area contributed by atoms with Gasteiger partial charge < -0.3 is 10.1 Å². The first-order valence-corrected chi connectivity index (χ1v) is 8.09. The molecular weight excluding hydrogens is 266 g/mol. The highest BCUT2D eigenvalue weighted by atomic mass is 32.1. The van der Waals surface area contributed by atoms with E-state index in [4.69, 9.17) is 4.74 Å². The lowest BCUT2D eigenvalue weighted by molar-refractivity contribution is 0.411. The monoisotopic (exact) mass is 287 g/mol. The Morgan fingerprint density at radius 3 is 2.50 bits per heavy atom. The van der Waals surface area contributed by atoms with Crippen molar-refractivity contribution in [2.24, 2.45) is 5.92 Å². The van der Waals surface area contributed by atoms with Crippen LogP contribution in [0.3, 0.4) is 0 Å². The fourth-order valence-corrected chi connectivity index (χ4v) is 3.38. The van der Waals surface area contributed by atoms with Gasteiger partial charge in [-0.1, -0.05) is 18.2 Å². The normalized spacial score (nSPS) is 17.7. The summed E-state index contributed by atoms with van der Waals surface area (Å²) in [5, 5.41) is 5.95. The van der Waals surface area contributed by atoms with Crippen LogP contribution in [0.25, 0.3) is 0 Å². The third-order valence-electron chi connectivity index (χ3n) is 3.97. The maximum Gasteiger partial charge on any atom is 0.118 e. The molecule has 0 radical (unpaired) electrons. The first kappa shape index (κ1) is 13.7. The molecule has 1 aromatic heterocycles. The Morgan fingerprint density at radius 1 is 1.20 bits per heavy atom. The summed E-state index contributed by atoms with van der Waals surface area (Å²) in [5.74, 6) is 1.71. The van der Waals surface area contributed by atoms with Gasteiger partial charge in [-0.2, -0.15) is 0 Å². The predicted octanol–water partition coefficient (Wildman–Crippen LogP) is 4.56. The van der Waals surface area contributed by atoms with E-state index in [1.807, 2.05) is 11.3 Å². The van der Waals surface area contributed by atoms with Crippen LogP contribution in [0.5, 0.6) is 5.75 Å². The topological polar surface area (TPSA) is 21.3 Å². The molecule has 1 saturated carbocycles. The number of methoxy groups -OCH3 is 1. The lowest BCUT2D eigenvalue weighted by atomic mass is 10.0. The highest BCUT2D eigenvalue weighted by Crippen LogP contribution is 2.42. The SMILES string of the molecule is COc1ccc(C(NC(C)c2cccs2)C2CC2)cc1. The van der Waals surface area contributed by atoms with Gasteiger partial charge in [-0.25, -0.2) is 0 Å². The Balaban J connectivity index is 1.75. The van der Waals surface area contributed by atoms with Crippen LogP contribution in [0, 0.1) is 5.92 Å². The second-order valence-electron chi connectivity index (χ2n) is 5.49. The average Bonchev–Trinajstić information content (AvgIpc) is 3.17. The quantitative estimate of drug-likeness (QED) is 0.841. The fraction of sp³-hybridized carbons (Fsp3) is 0.412. The van der Waals surface area contributed by atoms with Gasteiger partial charge in [0.15, 0.2) is 0 Å². The van der Waals surface area contributed by atoms with Crippen molar-refractivity contribution < 1.29 is 4.74 Å². The van der Waals surface area contributed by atoms with Crippen molar-refractivity contribution in [2.45, 2.75) is 31.8 Å². The summed E-state index contributed by atoms with van der Waals surface area (Å²) < 4.78 is 5.25. The third kappa shape index (κ3) is 3.05. The molecule has 1 aromatic carbocycles. The highest BCUT2D eigenvalue weighted by Gasteiger charge is 2.33. The molecule has 20 heavy (non-hydrogen) atoms. The molecule has 1 fully saturated rings. The number of hydrogen-bond acceptors (Lipinski definition) is 3. The van der Waals surface area contributed by atoms with Crippen molar-refractivity contribution in [1.82, 2.24) is 5.32 Å². The van der Waals surface area contributed by atoms with Crippen LogP contribution in [0.4, 0.5) is 0 Å². The van der Waals surface area contributed by atoms with Crippen molar-refractivity contribution in [3.8, 4) is 5.75 Å². The van der Waals surface area contributed by atoms with Crippen molar-refractivity contribution in [3.05, 3.63) is 52.2 Å². The minimum Gasteiger partial charge on any atom is -0.497 e. The van der Waals surface area contributed by atoms with Gasteiger partial charge >= 0.3 is 0 Å². The summed E-state index contributed by atoms with van der Waals surface area (Å²) in [4.78, 5) is 1.41. The number of ether oxygens (including phenoxy) is 1. The molecule has 3 heteroatoms. The van der Waals surface area contributed by atoms with Gasteiger partial charge in [0.25, 0.3) is 0 Å². The minimum absolute atomic E-state index is 0.405. The zero-order valence-electron chi connectivity index (χ0n) is 12.0. The zero-order valence-corrected chi connectivity index (χ0v) is 12.8. The van der Waals surface area contributed by atoms with Gasteiger partial charge in [0.05, 0.1) is 7.11 Å². The van der Waals surface area contributed by atoms with Crippen LogP contribution in [0.2, 0.25) is 0 Å². The van der Waals surface area contributed by atoms with E-state index in [-0.39, 0.29) is 0 Å². The molecule has 1 N–H and O–H groups in total. The van der Waals surface area contributed by atoms with Crippen LogP contribution in [-0.4, -0.2) is 7.11 Å². The van der Waals surface area contributed by atoms with Crippen LogP contribution in [0.15, 0.2) is 41.8 Å². The van der Waals surface area contributed by atoms with E-state index < -0.39 is 0 Å². The van der Waals surface area contributed by atoms with E-state index in [2.05, 4.69) is 54.0 Å². The van der Waals surface area contributed by atoms with Gasteiger partial charge in [0.2, 0.25) is 0 Å². The number of nitrogens with one attached hydrogen (secondary N) is 1. The van der Waals surface area contributed by atoms with Gasteiger partial charge in [-0.15, -0.1) is 11.3 Å². The fourth-order valence-electron chi connectivity index (χ4n) is 2.63. The van der Waals surface area contributed by atoms with Crippen molar-refractivity contribution in [2.75, 3.05) is 7.11 Å². The molecule has 2 atom stereocenters. The van der Waals surface area contributed by atoms with Crippen LogP contribution in [0.1, 0.15) is 42.3 Å². The largest absolute Gasteiger partial charge is 0.497 e. The molecule has 2 aromatic rings. The Bertz CT molecular complexity index is 531. The summed E-state index contributed by atoms with van der Waals surface area (Å²) in [6, 6.07) is 13.7. The summed E-state index contributed by atoms with van der Waals surface area (Å²) in [5.41, 5.74) is 1.37. The van der Waals surface area contributed by atoms with Gasteiger partial charge in [0.1, 0.15) is 5.75 Å². The van der Waals surface area contributed by atoms with E-state index in [1.54, 1.807) is 7.11 Å². The Labute approximate surface area is 124 Å². The first-order valence-electron chi connectivity index (χ1n) is 7.21. The number of benzene rings is 1. The second-order valence-corrected chi connectivity index (χ2v) is 6.47. The van der Waals surface area contributed by atoms with Crippen molar-refractivity contribution in [3.63, 3.8) is 0 Å².